The fraction of sp³-hybridized carbons (Fsp3) is 1.00. The largest absolute Gasteiger partial charge is 0.310 e. The van der Waals surface area contributed by atoms with Gasteiger partial charge in [0.05, 0.1) is 0 Å². The standard InChI is InChI=1S/C15H33N3/c1-8-15(5,6)16-9-12(2)18-10-13(3)17(7)14(4)11-18/h12-14,16H,8-11H2,1-7H3. The van der Waals surface area contributed by atoms with Crippen LogP contribution >= 0.6 is 0 Å². The first kappa shape index (κ1) is 15.9. The van der Waals surface area contributed by atoms with Crippen molar-refractivity contribution in [3.8, 4) is 0 Å². The topological polar surface area (TPSA) is 18.5 Å². The maximum absolute atomic E-state index is 3.69. The molecule has 0 aromatic carbocycles. The van der Waals surface area contributed by atoms with Crippen molar-refractivity contribution in [3.63, 3.8) is 0 Å². The first-order chi connectivity index (χ1) is 8.26. The fourth-order valence-electron chi connectivity index (χ4n) is 2.48. The Hall–Kier alpha value is -0.120. The zero-order chi connectivity index (χ0) is 13.9. The van der Waals surface area contributed by atoms with Crippen LogP contribution in [0.2, 0.25) is 0 Å². The molecule has 3 atom stereocenters. The predicted octanol–water partition coefficient (Wildman–Crippen LogP) is 2.18. The molecule has 3 heteroatoms. The number of hydrogen-bond acceptors (Lipinski definition) is 3. The SMILES string of the molecule is CCC(C)(C)NCC(C)N1CC(C)N(C)C(C)C1. The van der Waals surface area contributed by atoms with Crippen molar-refractivity contribution in [1.82, 2.24) is 15.1 Å². The monoisotopic (exact) mass is 255 g/mol. The summed E-state index contributed by atoms with van der Waals surface area (Å²) in [5.41, 5.74) is 0.262. The molecule has 0 bridgehead atoms. The first-order valence-corrected chi connectivity index (χ1v) is 7.48. The van der Waals surface area contributed by atoms with Gasteiger partial charge >= 0.3 is 0 Å². The Morgan fingerprint density at radius 3 is 2.17 bits per heavy atom. The molecule has 0 spiro atoms. The average molecular weight is 255 g/mol. The molecule has 1 fully saturated rings. The van der Waals surface area contributed by atoms with Gasteiger partial charge in [-0.2, -0.15) is 0 Å². The van der Waals surface area contributed by atoms with Gasteiger partial charge in [-0.15, -0.1) is 0 Å². The van der Waals surface area contributed by atoms with E-state index < -0.39 is 0 Å². The minimum Gasteiger partial charge on any atom is -0.310 e. The number of hydrogen-bond donors (Lipinski definition) is 1. The van der Waals surface area contributed by atoms with Crippen molar-refractivity contribution in [2.24, 2.45) is 0 Å². The zero-order valence-corrected chi connectivity index (χ0v) is 13.5. The number of nitrogens with one attached hydrogen (secondary N) is 1. The number of piperazine rings is 1. The number of rotatable bonds is 5. The van der Waals surface area contributed by atoms with Crippen LogP contribution in [-0.4, -0.2) is 60.1 Å². The molecule has 18 heavy (non-hydrogen) atoms. The minimum absolute atomic E-state index is 0.262. The molecule has 1 aliphatic heterocycles. The lowest BCUT2D eigenvalue weighted by Gasteiger charge is -2.45. The molecule has 1 heterocycles. The van der Waals surface area contributed by atoms with E-state index >= 15 is 0 Å². The Labute approximate surface area is 114 Å². The summed E-state index contributed by atoms with van der Waals surface area (Å²) in [6.45, 7) is 17.3. The Morgan fingerprint density at radius 2 is 1.72 bits per heavy atom. The van der Waals surface area contributed by atoms with E-state index in [0.717, 1.165) is 6.54 Å². The maximum atomic E-state index is 3.69. The highest BCUT2D eigenvalue weighted by Gasteiger charge is 2.29. The Bertz CT molecular complexity index is 240. The molecule has 0 aromatic heterocycles. The zero-order valence-electron chi connectivity index (χ0n) is 13.5. The summed E-state index contributed by atoms with van der Waals surface area (Å²) in [6, 6.07) is 1.94. The third kappa shape index (κ3) is 4.22. The average Bonchev–Trinajstić information content (AvgIpc) is 2.32. The normalized spacial score (nSPS) is 29.5. The number of likely N-dealkylation sites (N-methyl/N-ethyl adjacent to an activating group) is 1. The fourth-order valence-corrected chi connectivity index (χ4v) is 2.48. The Balaban J connectivity index is 2.45. The van der Waals surface area contributed by atoms with Crippen LogP contribution in [0.5, 0.6) is 0 Å². The van der Waals surface area contributed by atoms with E-state index in [9.17, 15) is 0 Å². The molecule has 0 saturated carbocycles. The van der Waals surface area contributed by atoms with Gasteiger partial charge in [0.15, 0.2) is 0 Å². The third-order valence-corrected chi connectivity index (χ3v) is 4.77. The second-order valence-electron chi connectivity index (χ2n) is 6.78. The summed E-state index contributed by atoms with van der Waals surface area (Å²) in [4.78, 5) is 5.13. The van der Waals surface area contributed by atoms with Crippen LogP contribution in [0.1, 0.15) is 48.0 Å². The van der Waals surface area contributed by atoms with Gasteiger partial charge in [-0.25, -0.2) is 0 Å². The van der Waals surface area contributed by atoms with Crippen molar-refractivity contribution < 1.29 is 0 Å². The highest BCUT2D eigenvalue weighted by Crippen LogP contribution is 2.16. The minimum atomic E-state index is 0.262. The molecule has 0 radical (unpaired) electrons. The van der Waals surface area contributed by atoms with Gasteiger partial charge < -0.3 is 5.32 Å². The van der Waals surface area contributed by atoms with E-state index in [4.69, 9.17) is 0 Å². The van der Waals surface area contributed by atoms with Gasteiger partial charge in [-0.3, -0.25) is 9.80 Å². The van der Waals surface area contributed by atoms with Crippen molar-refractivity contribution >= 4 is 0 Å². The van der Waals surface area contributed by atoms with Crippen molar-refractivity contribution in [1.29, 1.82) is 0 Å². The quantitative estimate of drug-likeness (QED) is 0.812. The maximum Gasteiger partial charge on any atom is 0.0195 e. The van der Waals surface area contributed by atoms with Crippen molar-refractivity contribution in [2.45, 2.75) is 71.6 Å². The molecule has 1 saturated heterocycles. The molecule has 3 nitrogen and oxygen atoms in total. The van der Waals surface area contributed by atoms with E-state index in [1.807, 2.05) is 0 Å². The molecule has 108 valence electrons. The van der Waals surface area contributed by atoms with E-state index in [-0.39, 0.29) is 5.54 Å². The van der Waals surface area contributed by atoms with Crippen molar-refractivity contribution in [3.05, 3.63) is 0 Å². The molecule has 1 rings (SSSR count). The van der Waals surface area contributed by atoms with E-state index in [1.54, 1.807) is 0 Å². The van der Waals surface area contributed by atoms with Gasteiger partial charge in [0, 0.05) is 43.3 Å². The Morgan fingerprint density at radius 1 is 1.22 bits per heavy atom. The molecule has 1 N–H and O–H groups in total. The highest BCUT2D eigenvalue weighted by molar-refractivity contribution is 4.87. The summed E-state index contributed by atoms with van der Waals surface area (Å²) in [7, 11) is 2.25. The van der Waals surface area contributed by atoms with E-state index in [2.05, 4.69) is 63.7 Å². The van der Waals surface area contributed by atoms with Crippen LogP contribution in [-0.2, 0) is 0 Å². The molecular formula is C15H33N3. The van der Waals surface area contributed by atoms with Crippen LogP contribution in [0, 0.1) is 0 Å². The Kier molecular flexibility index (Phi) is 5.63. The second-order valence-corrected chi connectivity index (χ2v) is 6.78. The molecule has 3 unspecified atom stereocenters. The van der Waals surface area contributed by atoms with Crippen molar-refractivity contribution in [2.75, 3.05) is 26.7 Å². The predicted molar refractivity (Wildman–Crippen MR) is 80.1 cm³/mol. The van der Waals surface area contributed by atoms with Gasteiger partial charge in [0.1, 0.15) is 0 Å². The molecule has 0 amide bonds. The molecule has 1 aliphatic rings. The summed E-state index contributed by atoms with van der Waals surface area (Å²) < 4.78 is 0. The van der Waals surface area contributed by atoms with Crippen LogP contribution in [0.3, 0.4) is 0 Å². The summed E-state index contributed by atoms with van der Waals surface area (Å²) in [6.07, 6.45) is 1.18. The molecular weight excluding hydrogens is 222 g/mol. The van der Waals surface area contributed by atoms with Crippen LogP contribution in [0.15, 0.2) is 0 Å². The number of nitrogens with zero attached hydrogens (tertiary/aromatic N) is 2. The van der Waals surface area contributed by atoms with Crippen LogP contribution in [0.25, 0.3) is 0 Å². The summed E-state index contributed by atoms with van der Waals surface area (Å²) in [5, 5.41) is 3.69. The van der Waals surface area contributed by atoms with Gasteiger partial charge in [0.25, 0.3) is 0 Å². The van der Waals surface area contributed by atoms with Crippen LogP contribution < -0.4 is 5.32 Å². The summed E-state index contributed by atoms with van der Waals surface area (Å²) in [5.74, 6) is 0. The second kappa shape index (κ2) is 6.36. The third-order valence-electron chi connectivity index (χ3n) is 4.77. The summed E-state index contributed by atoms with van der Waals surface area (Å²) >= 11 is 0. The smallest absolute Gasteiger partial charge is 0.0195 e. The lowest BCUT2D eigenvalue weighted by atomic mass is 10.0. The van der Waals surface area contributed by atoms with Gasteiger partial charge in [0.2, 0.25) is 0 Å². The van der Waals surface area contributed by atoms with Gasteiger partial charge in [-0.1, -0.05) is 6.92 Å². The van der Waals surface area contributed by atoms with E-state index in [0.29, 0.717) is 18.1 Å². The molecule has 0 aliphatic carbocycles. The lowest BCUT2D eigenvalue weighted by Crippen LogP contribution is -2.59. The van der Waals surface area contributed by atoms with E-state index in [1.165, 1.54) is 19.5 Å². The lowest BCUT2D eigenvalue weighted by molar-refractivity contribution is 0.0364. The van der Waals surface area contributed by atoms with Gasteiger partial charge in [-0.05, 0) is 48.1 Å². The van der Waals surface area contributed by atoms with Crippen LogP contribution in [0.4, 0.5) is 0 Å². The molecule has 0 aromatic rings. The first-order valence-electron chi connectivity index (χ1n) is 7.48. The highest BCUT2D eigenvalue weighted by atomic mass is 15.3.